The van der Waals surface area contributed by atoms with Crippen LogP contribution in [0.3, 0.4) is 0 Å². The van der Waals surface area contributed by atoms with E-state index in [2.05, 4.69) is 49.2 Å². The fraction of sp³-hybridized carbons (Fsp3) is 0.400. The number of anilines is 1. The molecule has 1 N–H and O–H groups in total. The SMILES string of the molecule is CCc1c(C)[nH]c(=O)c(N(C)CCC#N)c1Cc1cccc(C)c1. The van der Waals surface area contributed by atoms with Gasteiger partial charge >= 0.3 is 0 Å². The fourth-order valence-corrected chi connectivity index (χ4v) is 3.24. The Balaban J connectivity index is 2.57. The van der Waals surface area contributed by atoms with E-state index in [9.17, 15) is 4.79 Å². The molecule has 1 heterocycles. The zero-order chi connectivity index (χ0) is 17.7. The van der Waals surface area contributed by atoms with Crippen molar-refractivity contribution in [3.63, 3.8) is 0 Å². The summed E-state index contributed by atoms with van der Waals surface area (Å²) in [5.41, 5.74) is 6.22. The van der Waals surface area contributed by atoms with Crippen molar-refractivity contribution in [3.8, 4) is 6.07 Å². The van der Waals surface area contributed by atoms with Crippen LogP contribution >= 0.6 is 0 Å². The molecule has 0 fully saturated rings. The molecule has 1 aromatic carbocycles. The number of aryl methyl sites for hydroxylation is 2. The average molecular weight is 323 g/mol. The lowest BCUT2D eigenvalue weighted by atomic mass is 9.95. The molecular formula is C20H25N3O. The van der Waals surface area contributed by atoms with E-state index in [-0.39, 0.29) is 5.56 Å². The van der Waals surface area contributed by atoms with Crippen LogP contribution in [-0.4, -0.2) is 18.6 Å². The van der Waals surface area contributed by atoms with E-state index in [1.807, 2.05) is 18.9 Å². The lowest BCUT2D eigenvalue weighted by Crippen LogP contribution is -2.29. The third-order valence-electron chi connectivity index (χ3n) is 4.38. The Labute approximate surface area is 143 Å². The van der Waals surface area contributed by atoms with Gasteiger partial charge in [-0.25, -0.2) is 0 Å². The van der Waals surface area contributed by atoms with Crippen molar-refractivity contribution < 1.29 is 0 Å². The third kappa shape index (κ3) is 3.86. The summed E-state index contributed by atoms with van der Waals surface area (Å²) in [5, 5.41) is 8.85. The van der Waals surface area contributed by atoms with E-state index in [0.29, 0.717) is 18.7 Å². The van der Waals surface area contributed by atoms with E-state index >= 15 is 0 Å². The predicted octanol–water partition coefficient (Wildman–Crippen LogP) is 3.49. The average Bonchev–Trinajstić information content (AvgIpc) is 2.52. The molecule has 0 aliphatic heterocycles. The van der Waals surface area contributed by atoms with Gasteiger partial charge < -0.3 is 9.88 Å². The number of benzene rings is 1. The van der Waals surface area contributed by atoms with Gasteiger partial charge in [0.25, 0.3) is 5.56 Å². The molecule has 0 amide bonds. The van der Waals surface area contributed by atoms with Crippen LogP contribution in [0.15, 0.2) is 29.1 Å². The molecule has 24 heavy (non-hydrogen) atoms. The Bertz CT molecular complexity index is 815. The fourth-order valence-electron chi connectivity index (χ4n) is 3.24. The van der Waals surface area contributed by atoms with E-state index in [0.717, 1.165) is 24.1 Å². The topological polar surface area (TPSA) is 59.9 Å². The van der Waals surface area contributed by atoms with Gasteiger partial charge in [-0.3, -0.25) is 4.79 Å². The summed E-state index contributed by atoms with van der Waals surface area (Å²) in [6.07, 6.45) is 1.99. The Morgan fingerprint density at radius 3 is 2.62 bits per heavy atom. The van der Waals surface area contributed by atoms with Gasteiger partial charge in [-0.05, 0) is 37.0 Å². The minimum absolute atomic E-state index is 0.0761. The molecule has 0 atom stereocenters. The van der Waals surface area contributed by atoms with Crippen LogP contribution in [0.25, 0.3) is 0 Å². The monoisotopic (exact) mass is 323 g/mol. The van der Waals surface area contributed by atoms with Crippen LogP contribution < -0.4 is 10.5 Å². The number of aromatic nitrogens is 1. The molecule has 2 rings (SSSR count). The number of pyridine rings is 1. The molecule has 0 saturated heterocycles. The Morgan fingerprint density at radius 2 is 2.00 bits per heavy atom. The number of H-pyrrole nitrogens is 1. The van der Waals surface area contributed by atoms with Crippen LogP contribution in [0.2, 0.25) is 0 Å². The van der Waals surface area contributed by atoms with Crippen molar-refractivity contribution in [2.45, 2.75) is 40.0 Å². The number of hydrogen-bond donors (Lipinski definition) is 1. The highest BCUT2D eigenvalue weighted by Crippen LogP contribution is 2.25. The van der Waals surface area contributed by atoms with Crippen LogP contribution in [-0.2, 0) is 12.8 Å². The van der Waals surface area contributed by atoms with Crippen molar-refractivity contribution in [2.75, 3.05) is 18.5 Å². The molecule has 126 valence electrons. The van der Waals surface area contributed by atoms with Crippen molar-refractivity contribution in [3.05, 3.63) is 62.6 Å². The molecule has 2 aromatic rings. The molecule has 0 aliphatic carbocycles. The van der Waals surface area contributed by atoms with Gasteiger partial charge in [0, 0.05) is 25.7 Å². The zero-order valence-corrected chi connectivity index (χ0v) is 14.9. The summed E-state index contributed by atoms with van der Waals surface area (Å²) < 4.78 is 0. The van der Waals surface area contributed by atoms with Gasteiger partial charge in [0.05, 0.1) is 12.5 Å². The molecule has 0 radical (unpaired) electrons. The molecule has 4 nitrogen and oxygen atoms in total. The van der Waals surface area contributed by atoms with Gasteiger partial charge in [-0.15, -0.1) is 0 Å². The Kier molecular flexibility index (Phi) is 5.81. The number of rotatable bonds is 6. The molecule has 1 aromatic heterocycles. The number of aromatic amines is 1. The summed E-state index contributed by atoms with van der Waals surface area (Å²) in [6.45, 7) is 6.69. The first kappa shape index (κ1) is 17.8. The lowest BCUT2D eigenvalue weighted by Gasteiger charge is -2.23. The van der Waals surface area contributed by atoms with Gasteiger partial charge in [0.2, 0.25) is 0 Å². The first-order valence-corrected chi connectivity index (χ1v) is 8.36. The Hall–Kier alpha value is -2.54. The maximum atomic E-state index is 12.6. The summed E-state index contributed by atoms with van der Waals surface area (Å²) in [4.78, 5) is 17.5. The standard InChI is InChI=1S/C20H25N3O/c1-5-17-15(3)22-20(24)19(23(4)11-7-10-21)18(17)13-16-9-6-8-14(2)12-16/h6,8-9,12H,5,7,11,13H2,1-4H3,(H,22,24). The molecule has 4 heteroatoms. The summed E-state index contributed by atoms with van der Waals surface area (Å²) in [5.74, 6) is 0. The van der Waals surface area contributed by atoms with Crippen molar-refractivity contribution in [1.29, 1.82) is 5.26 Å². The van der Waals surface area contributed by atoms with Crippen LogP contribution in [0.4, 0.5) is 5.69 Å². The highest BCUT2D eigenvalue weighted by molar-refractivity contribution is 5.57. The van der Waals surface area contributed by atoms with Gasteiger partial charge in [0.1, 0.15) is 5.69 Å². The minimum atomic E-state index is -0.0761. The highest BCUT2D eigenvalue weighted by atomic mass is 16.1. The molecule has 0 aliphatic rings. The van der Waals surface area contributed by atoms with E-state index in [1.54, 1.807) is 0 Å². The van der Waals surface area contributed by atoms with E-state index in [1.165, 1.54) is 16.7 Å². The molecule has 0 saturated carbocycles. The maximum absolute atomic E-state index is 12.6. The number of hydrogen-bond acceptors (Lipinski definition) is 3. The normalized spacial score (nSPS) is 10.5. The lowest BCUT2D eigenvalue weighted by molar-refractivity contribution is 0.867. The van der Waals surface area contributed by atoms with Crippen molar-refractivity contribution in [1.82, 2.24) is 4.98 Å². The smallest absolute Gasteiger partial charge is 0.271 e. The Morgan fingerprint density at radius 1 is 1.25 bits per heavy atom. The van der Waals surface area contributed by atoms with Crippen molar-refractivity contribution in [2.24, 2.45) is 0 Å². The van der Waals surface area contributed by atoms with Crippen LogP contribution in [0.5, 0.6) is 0 Å². The first-order valence-electron chi connectivity index (χ1n) is 8.36. The maximum Gasteiger partial charge on any atom is 0.271 e. The second-order valence-electron chi connectivity index (χ2n) is 6.23. The number of nitriles is 1. The first-order chi connectivity index (χ1) is 11.5. The summed E-state index contributed by atoms with van der Waals surface area (Å²) in [6, 6.07) is 10.5. The predicted molar refractivity (Wildman–Crippen MR) is 98.7 cm³/mol. The summed E-state index contributed by atoms with van der Waals surface area (Å²) in [7, 11) is 1.89. The number of nitrogens with one attached hydrogen (secondary N) is 1. The summed E-state index contributed by atoms with van der Waals surface area (Å²) >= 11 is 0. The quantitative estimate of drug-likeness (QED) is 0.885. The van der Waals surface area contributed by atoms with Gasteiger partial charge in [0.15, 0.2) is 0 Å². The molecule has 0 bridgehead atoms. The second-order valence-corrected chi connectivity index (χ2v) is 6.23. The second kappa shape index (κ2) is 7.83. The van der Waals surface area contributed by atoms with Crippen LogP contribution in [0.1, 0.15) is 41.3 Å². The van der Waals surface area contributed by atoms with Gasteiger partial charge in [-0.2, -0.15) is 5.26 Å². The highest BCUT2D eigenvalue weighted by Gasteiger charge is 2.18. The largest absolute Gasteiger partial charge is 0.369 e. The minimum Gasteiger partial charge on any atom is -0.369 e. The van der Waals surface area contributed by atoms with Crippen LogP contribution in [0, 0.1) is 25.2 Å². The zero-order valence-electron chi connectivity index (χ0n) is 14.9. The van der Waals surface area contributed by atoms with E-state index < -0.39 is 0 Å². The third-order valence-corrected chi connectivity index (χ3v) is 4.38. The molecular weight excluding hydrogens is 298 g/mol. The van der Waals surface area contributed by atoms with Crippen molar-refractivity contribution >= 4 is 5.69 Å². The number of nitrogens with zero attached hydrogens (tertiary/aromatic N) is 2. The van der Waals surface area contributed by atoms with Gasteiger partial charge in [-0.1, -0.05) is 36.8 Å². The molecule has 0 spiro atoms. The van der Waals surface area contributed by atoms with E-state index in [4.69, 9.17) is 5.26 Å². The molecule has 0 unspecified atom stereocenters.